The SMILES string of the molecule is COc1cc(C)c(NCN)c(OC)c1. The highest BCUT2D eigenvalue weighted by molar-refractivity contribution is 5.64. The van der Waals surface area contributed by atoms with Gasteiger partial charge in [-0.2, -0.15) is 0 Å². The van der Waals surface area contributed by atoms with Crippen molar-refractivity contribution in [2.45, 2.75) is 6.92 Å². The van der Waals surface area contributed by atoms with E-state index in [4.69, 9.17) is 15.2 Å². The first-order chi connectivity index (χ1) is 6.72. The average molecular weight is 196 g/mol. The molecule has 0 fully saturated rings. The fraction of sp³-hybridized carbons (Fsp3) is 0.400. The van der Waals surface area contributed by atoms with Crippen LogP contribution in [0, 0.1) is 6.92 Å². The van der Waals surface area contributed by atoms with Gasteiger partial charge in [-0.25, -0.2) is 0 Å². The minimum absolute atomic E-state index is 0.379. The molecule has 0 saturated carbocycles. The summed E-state index contributed by atoms with van der Waals surface area (Å²) in [6.07, 6.45) is 0. The van der Waals surface area contributed by atoms with Crippen LogP contribution in [0.5, 0.6) is 11.5 Å². The summed E-state index contributed by atoms with van der Waals surface area (Å²) in [7, 11) is 3.25. The highest BCUT2D eigenvalue weighted by atomic mass is 16.5. The van der Waals surface area contributed by atoms with E-state index in [0.717, 1.165) is 22.7 Å². The maximum atomic E-state index is 5.43. The summed E-state index contributed by atoms with van der Waals surface area (Å²) in [5.41, 5.74) is 7.39. The summed E-state index contributed by atoms with van der Waals surface area (Å²) < 4.78 is 10.4. The Morgan fingerprint density at radius 2 is 2.00 bits per heavy atom. The number of ether oxygens (including phenoxy) is 2. The Labute approximate surface area is 84.0 Å². The summed E-state index contributed by atoms with van der Waals surface area (Å²) in [5, 5.41) is 3.04. The van der Waals surface area contributed by atoms with Gasteiger partial charge in [-0.1, -0.05) is 0 Å². The maximum absolute atomic E-state index is 5.43. The molecule has 0 bridgehead atoms. The highest BCUT2D eigenvalue weighted by Gasteiger charge is 2.07. The molecule has 1 aromatic carbocycles. The van der Waals surface area contributed by atoms with Gasteiger partial charge in [-0.15, -0.1) is 0 Å². The van der Waals surface area contributed by atoms with Crippen LogP contribution in [0.1, 0.15) is 5.56 Å². The minimum atomic E-state index is 0.379. The predicted octanol–water partition coefficient (Wildman–Crippen LogP) is 1.34. The van der Waals surface area contributed by atoms with Gasteiger partial charge >= 0.3 is 0 Å². The van der Waals surface area contributed by atoms with Crippen molar-refractivity contribution in [1.82, 2.24) is 0 Å². The smallest absolute Gasteiger partial charge is 0.145 e. The van der Waals surface area contributed by atoms with E-state index in [9.17, 15) is 0 Å². The molecule has 4 heteroatoms. The molecule has 4 nitrogen and oxygen atoms in total. The fourth-order valence-corrected chi connectivity index (χ4v) is 1.33. The standard InChI is InChI=1S/C10H16N2O2/c1-7-4-8(13-2)5-9(14-3)10(7)12-6-11/h4-5,12H,6,11H2,1-3H3. The summed E-state index contributed by atoms with van der Waals surface area (Å²) in [5.74, 6) is 1.52. The average Bonchev–Trinajstić information content (AvgIpc) is 2.20. The number of rotatable bonds is 4. The molecule has 78 valence electrons. The fourth-order valence-electron chi connectivity index (χ4n) is 1.33. The van der Waals surface area contributed by atoms with Crippen molar-refractivity contribution >= 4 is 5.69 Å². The Morgan fingerprint density at radius 1 is 1.29 bits per heavy atom. The van der Waals surface area contributed by atoms with Crippen molar-refractivity contribution in [1.29, 1.82) is 0 Å². The predicted molar refractivity (Wildman–Crippen MR) is 57.0 cm³/mol. The first kappa shape index (κ1) is 10.7. The van der Waals surface area contributed by atoms with Crippen molar-refractivity contribution in [2.24, 2.45) is 5.73 Å². The summed E-state index contributed by atoms with van der Waals surface area (Å²) in [4.78, 5) is 0. The molecule has 1 rings (SSSR count). The molecular weight excluding hydrogens is 180 g/mol. The van der Waals surface area contributed by atoms with E-state index in [2.05, 4.69) is 5.32 Å². The monoisotopic (exact) mass is 196 g/mol. The van der Waals surface area contributed by atoms with Crippen molar-refractivity contribution in [3.63, 3.8) is 0 Å². The zero-order valence-corrected chi connectivity index (χ0v) is 8.76. The third kappa shape index (κ3) is 2.09. The Balaban J connectivity index is 3.13. The summed E-state index contributed by atoms with van der Waals surface area (Å²) >= 11 is 0. The maximum Gasteiger partial charge on any atom is 0.145 e. The molecule has 0 aliphatic heterocycles. The second-order valence-corrected chi connectivity index (χ2v) is 2.90. The number of benzene rings is 1. The van der Waals surface area contributed by atoms with Crippen molar-refractivity contribution < 1.29 is 9.47 Å². The lowest BCUT2D eigenvalue weighted by Gasteiger charge is -2.14. The highest BCUT2D eigenvalue weighted by Crippen LogP contribution is 2.32. The lowest BCUT2D eigenvalue weighted by Crippen LogP contribution is -2.12. The molecule has 0 radical (unpaired) electrons. The first-order valence-corrected chi connectivity index (χ1v) is 4.39. The van der Waals surface area contributed by atoms with Gasteiger partial charge in [-0.05, 0) is 18.6 Å². The summed E-state index contributed by atoms with van der Waals surface area (Å²) in [6, 6.07) is 3.76. The van der Waals surface area contributed by atoms with Crippen LogP contribution in [-0.2, 0) is 0 Å². The Morgan fingerprint density at radius 3 is 2.50 bits per heavy atom. The molecule has 0 atom stereocenters. The van der Waals surface area contributed by atoms with Crippen LogP contribution >= 0.6 is 0 Å². The van der Waals surface area contributed by atoms with Gasteiger partial charge in [0.05, 0.1) is 26.6 Å². The number of anilines is 1. The van der Waals surface area contributed by atoms with Crippen molar-refractivity contribution in [3.8, 4) is 11.5 Å². The van der Waals surface area contributed by atoms with E-state index in [1.54, 1.807) is 14.2 Å². The van der Waals surface area contributed by atoms with E-state index < -0.39 is 0 Å². The zero-order chi connectivity index (χ0) is 10.6. The number of aryl methyl sites for hydroxylation is 1. The lowest BCUT2D eigenvalue weighted by molar-refractivity contribution is 0.395. The van der Waals surface area contributed by atoms with E-state index in [1.807, 2.05) is 19.1 Å². The van der Waals surface area contributed by atoms with Crippen LogP contribution < -0.4 is 20.5 Å². The second-order valence-electron chi connectivity index (χ2n) is 2.90. The van der Waals surface area contributed by atoms with Gasteiger partial charge in [0.15, 0.2) is 0 Å². The van der Waals surface area contributed by atoms with Crippen LogP contribution in [0.25, 0.3) is 0 Å². The van der Waals surface area contributed by atoms with Crippen LogP contribution in [0.3, 0.4) is 0 Å². The molecule has 3 N–H and O–H groups in total. The van der Waals surface area contributed by atoms with E-state index >= 15 is 0 Å². The third-order valence-electron chi connectivity index (χ3n) is 2.01. The number of nitrogens with one attached hydrogen (secondary N) is 1. The topological polar surface area (TPSA) is 56.5 Å². The number of nitrogens with two attached hydrogens (primary N) is 1. The molecule has 0 amide bonds. The van der Waals surface area contributed by atoms with E-state index in [-0.39, 0.29) is 0 Å². The Kier molecular flexibility index (Phi) is 3.59. The molecule has 0 heterocycles. The quantitative estimate of drug-likeness (QED) is 0.713. The van der Waals surface area contributed by atoms with Gasteiger partial charge in [0.2, 0.25) is 0 Å². The summed E-state index contributed by atoms with van der Waals surface area (Å²) in [6.45, 7) is 2.35. The molecule has 0 aliphatic carbocycles. The molecule has 0 aromatic heterocycles. The molecule has 0 aliphatic rings. The first-order valence-electron chi connectivity index (χ1n) is 4.39. The molecule has 1 aromatic rings. The normalized spacial score (nSPS) is 9.71. The molecule has 0 unspecified atom stereocenters. The van der Waals surface area contributed by atoms with Crippen LogP contribution in [-0.4, -0.2) is 20.9 Å². The van der Waals surface area contributed by atoms with Crippen LogP contribution in [0.15, 0.2) is 12.1 Å². The van der Waals surface area contributed by atoms with Gasteiger partial charge in [0.1, 0.15) is 11.5 Å². The Hall–Kier alpha value is -1.42. The van der Waals surface area contributed by atoms with E-state index in [1.165, 1.54) is 0 Å². The zero-order valence-electron chi connectivity index (χ0n) is 8.76. The number of methoxy groups -OCH3 is 2. The van der Waals surface area contributed by atoms with Crippen LogP contribution in [0.4, 0.5) is 5.69 Å². The van der Waals surface area contributed by atoms with E-state index in [0.29, 0.717) is 6.67 Å². The molecule has 0 saturated heterocycles. The lowest BCUT2D eigenvalue weighted by atomic mass is 10.1. The third-order valence-corrected chi connectivity index (χ3v) is 2.01. The van der Waals surface area contributed by atoms with Gasteiger partial charge < -0.3 is 20.5 Å². The van der Waals surface area contributed by atoms with Gasteiger partial charge in [0.25, 0.3) is 0 Å². The minimum Gasteiger partial charge on any atom is -0.497 e. The molecule has 14 heavy (non-hydrogen) atoms. The molecule has 0 spiro atoms. The van der Waals surface area contributed by atoms with Gasteiger partial charge in [-0.3, -0.25) is 0 Å². The second kappa shape index (κ2) is 4.72. The van der Waals surface area contributed by atoms with Crippen molar-refractivity contribution in [3.05, 3.63) is 17.7 Å². The Bertz CT molecular complexity index is 313. The number of hydrogen-bond donors (Lipinski definition) is 2. The van der Waals surface area contributed by atoms with Crippen LogP contribution in [0.2, 0.25) is 0 Å². The largest absolute Gasteiger partial charge is 0.497 e. The van der Waals surface area contributed by atoms with Gasteiger partial charge in [0, 0.05) is 6.07 Å². The molecular formula is C10H16N2O2. The number of hydrogen-bond acceptors (Lipinski definition) is 4. The van der Waals surface area contributed by atoms with Crippen molar-refractivity contribution in [2.75, 3.05) is 26.2 Å².